The van der Waals surface area contributed by atoms with Crippen molar-refractivity contribution < 1.29 is 79.8 Å². The molecule has 6 nitrogen and oxygen atoms in total. The predicted molar refractivity (Wildman–Crippen MR) is 127 cm³/mol. The number of H-pyrrole nitrogens is 2. The zero-order valence-corrected chi connectivity index (χ0v) is 22.5. The highest BCUT2D eigenvalue weighted by atomic mass is 19.4. The van der Waals surface area contributed by atoms with Crippen molar-refractivity contribution in [1.29, 1.82) is 0 Å². The lowest BCUT2D eigenvalue weighted by Crippen LogP contribution is -2.50. The van der Waals surface area contributed by atoms with Gasteiger partial charge in [-0.3, -0.25) is 19.8 Å². The lowest BCUT2D eigenvalue weighted by Gasteiger charge is -2.28. The van der Waals surface area contributed by atoms with Crippen molar-refractivity contribution in [2.45, 2.75) is 36.0 Å². The van der Waals surface area contributed by atoms with E-state index in [0.29, 0.717) is 0 Å². The molecule has 0 unspecified atom stereocenters. The summed E-state index contributed by atoms with van der Waals surface area (Å²) >= 11 is 0. The quantitative estimate of drug-likeness (QED) is 0.156. The van der Waals surface area contributed by atoms with Crippen LogP contribution in [0, 0.1) is 11.6 Å². The molecule has 0 aliphatic rings. The van der Waals surface area contributed by atoms with Crippen molar-refractivity contribution >= 4 is 11.6 Å². The molecule has 2 aromatic carbocycles. The summed E-state index contributed by atoms with van der Waals surface area (Å²) in [5.74, 6) is -3.65. The minimum atomic E-state index is -6.33. The van der Waals surface area contributed by atoms with Gasteiger partial charge in [0.05, 0.1) is 11.4 Å². The molecule has 2 aromatic heterocycles. The van der Waals surface area contributed by atoms with Gasteiger partial charge >= 0.3 is 36.0 Å². The van der Waals surface area contributed by atoms with Crippen LogP contribution >= 0.6 is 0 Å². The van der Waals surface area contributed by atoms with Crippen LogP contribution in [0.25, 0.3) is 0 Å². The first-order chi connectivity index (χ1) is 21.8. The standard InChI is InChI=1S/2C13H6F8N2O/c2*14-7-3-1-6(2-4-7)10(24)8-5-9(23-22-8)11(15,12(16,17)18)13(19,20)21/h2*1-5H,(H,22,23). The number of rotatable bonds is 6. The second kappa shape index (κ2) is 12.6. The summed E-state index contributed by atoms with van der Waals surface area (Å²) in [7, 11) is 0. The normalized spacial score (nSPS) is 13.2. The summed E-state index contributed by atoms with van der Waals surface area (Å²) in [5, 5.41) is 8.52. The molecule has 2 heterocycles. The SMILES string of the molecule is O=C(c1ccc(F)cc1)c1cc(C(F)(C(F)(F)F)C(F)(F)F)[nH]n1.O=C(c1ccc(F)cc1)c1cc(C(F)(C(F)(F)F)C(F)(F)F)[nH]n1. The fourth-order valence-corrected chi connectivity index (χ4v) is 3.66. The number of carbonyl (C=O) groups excluding carboxylic acids is 2. The van der Waals surface area contributed by atoms with Crippen molar-refractivity contribution in [3.8, 4) is 0 Å². The Labute approximate surface area is 254 Å². The molecule has 2 N–H and O–H groups in total. The third kappa shape index (κ3) is 7.00. The van der Waals surface area contributed by atoms with Crippen LogP contribution in [0.4, 0.5) is 70.2 Å². The van der Waals surface area contributed by atoms with Crippen molar-refractivity contribution in [2.24, 2.45) is 0 Å². The zero-order chi connectivity index (χ0) is 36.7. The van der Waals surface area contributed by atoms with Gasteiger partial charge in [0.25, 0.3) is 0 Å². The topological polar surface area (TPSA) is 91.5 Å². The van der Waals surface area contributed by atoms with Crippen LogP contribution in [0.5, 0.6) is 0 Å². The number of aromatic nitrogens is 4. The third-order valence-electron chi connectivity index (χ3n) is 6.14. The molecule has 0 saturated heterocycles. The van der Waals surface area contributed by atoms with E-state index in [1.54, 1.807) is 0 Å². The molecule has 0 radical (unpaired) electrons. The molecule has 0 spiro atoms. The summed E-state index contributed by atoms with van der Waals surface area (Å²) < 4.78 is 204. The molecular formula is C26H12F16N4O2. The number of benzene rings is 2. The molecule has 48 heavy (non-hydrogen) atoms. The number of ketones is 2. The van der Waals surface area contributed by atoms with Gasteiger partial charge in [0.2, 0.25) is 11.6 Å². The van der Waals surface area contributed by atoms with Crippen LogP contribution in [0.1, 0.15) is 43.5 Å². The molecule has 260 valence electrons. The lowest BCUT2D eigenvalue weighted by atomic mass is 9.99. The van der Waals surface area contributed by atoms with E-state index in [2.05, 4.69) is 10.2 Å². The van der Waals surface area contributed by atoms with E-state index < -0.39 is 82.0 Å². The summed E-state index contributed by atoms with van der Waals surface area (Å²) in [6, 6.07) is 7.24. The summed E-state index contributed by atoms with van der Waals surface area (Å²) in [4.78, 5) is 23.8. The van der Waals surface area contributed by atoms with E-state index in [0.717, 1.165) is 48.5 Å². The molecule has 4 rings (SSSR count). The molecule has 4 aromatic rings. The Bertz CT molecular complexity index is 1590. The van der Waals surface area contributed by atoms with Crippen LogP contribution in [-0.2, 0) is 11.3 Å². The molecule has 0 amide bonds. The number of carbonyl (C=O) groups is 2. The van der Waals surface area contributed by atoms with Crippen molar-refractivity contribution in [1.82, 2.24) is 20.4 Å². The van der Waals surface area contributed by atoms with Gasteiger partial charge in [-0.25, -0.2) is 17.6 Å². The third-order valence-corrected chi connectivity index (χ3v) is 6.14. The van der Waals surface area contributed by atoms with Gasteiger partial charge in [0.15, 0.2) is 0 Å². The maximum absolute atomic E-state index is 13.8. The van der Waals surface area contributed by atoms with Crippen LogP contribution in [0.3, 0.4) is 0 Å². The Morgan fingerprint density at radius 2 is 0.708 bits per heavy atom. The number of nitrogens with zero attached hydrogens (tertiary/aromatic N) is 2. The van der Waals surface area contributed by atoms with Gasteiger partial charge in [0, 0.05) is 11.1 Å². The Kier molecular flexibility index (Phi) is 9.85. The molecule has 22 heteroatoms. The predicted octanol–water partition coefficient (Wildman–Crippen LogP) is 8.14. The number of hydrogen-bond acceptors (Lipinski definition) is 4. The monoisotopic (exact) mass is 716 g/mol. The number of halogens is 16. The molecular weight excluding hydrogens is 704 g/mol. The maximum atomic E-state index is 13.8. The second-order valence-electron chi connectivity index (χ2n) is 9.31. The van der Waals surface area contributed by atoms with E-state index >= 15 is 0 Å². The van der Waals surface area contributed by atoms with Gasteiger partial charge in [-0.05, 0) is 60.7 Å². The fourth-order valence-electron chi connectivity index (χ4n) is 3.66. The van der Waals surface area contributed by atoms with E-state index in [4.69, 9.17) is 0 Å². The summed E-state index contributed by atoms with van der Waals surface area (Å²) in [6.45, 7) is 0. The van der Waals surface area contributed by atoms with Crippen molar-refractivity contribution in [3.05, 3.63) is 106 Å². The first-order valence-corrected chi connectivity index (χ1v) is 12.1. The smallest absolute Gasteiger partial charge is 0.287 e. The van der Waals surface area contributed by atoms with E-state index in [1.807, 2.05) is 0 Å². The Hall–Kier alpha value is -4.92. The van der Waals surface area contributed by atoms with Crippen LogP contribution in [-0.4, -0.2) is 56.7 Å². The van der Waals surface area contributed by atoms with Crippen LogP contribution in [0.15, 0.2) is 60.7 Å². The van der Waals surface area contributed by atoms with Gasteiger partial charge < -0.3 is 0 Å². The largest absolute Gasteiger partial charge is 0.437 e. The molecule has 0 saturated carbocycles. The summed E-state index contributed by atoms with van der Waals surface area (Å²) in [5.41, 5.74) is -17.7. The second-order valence-corrected chi connectivity index (χ2v) is 9.31. The van der Waals surface area contributed by atoms with Gasteiger partial charge in [-0.2, -0.15) is 62.9 Å². The van der Waals surface area contributed by atoms with Crippen LogP contribution < -0.4 is 0 Å². The van der Waals surface area contributed by atoms with E-state index in [9.17, 15) is 79.8 Å². The van der Waals surface area contributed by atoms with Crippen molar-refractivity contribution in [2.75, 3.05) is 0 Å². The Morgan fingerprint density at radius 1 is 0.458 bits per heavy atom. The first-order valence-electron chi connectivity index (χ1n) is 12.1. The Balaban J connectivity index is 0.000000260. The first kappa shape index (κ1) is 37.5. The average Bonchev–Trinajstić information content (AvgIpc) is 3.65. The van der Waals surface area contributed by atoms with E-state index in [1.165, 1.54) is 10.2 Å². The average molecular weight is 716 g/mol. The zero-order valence-electron chi connectivity index (χ0n) is 22.5. The minimum absolute atomic E-state index is 0.0205. The van der Waals surface area contributed by atoms with Gasteiger partial charge in [0.1, 0.15) is 23.0 Å². The molecule has 0 fully saturated rings. The highest BCUT2D eigenvalue weighted by Gasteiger charge is 2.75. The van der Waals surface area contributed by atoms with E-state index in [-0.39, 0.29) is 23.3 Å². The number of aromatic amines is 2. The van der Waals surface area contributed by atoms with Crippen molar-refractivity contribution in [3.63, 3.8) is 0 Å². The van der Waals surface area contributed by atoms with Gasteiger partial charge in [-0.15, -0.1) is 0 Å². The minimum Gasteiger partial charge on any atom is -0.287 e. The number of alkyl halides is 14. The molecule has 0 aliphatic heterocycles. The Morgan fingerprint density at radius 3 is 0.938 bits per heavy atom. The highest BCUT2D eigenvalue weighted by Crippen LogP contribution is 2.53. The highest BCUT2D eigenvalue weighted by molar-refractivity contribution is 6.08. The molecule has 0 bridgehead atoms. The lowest BCUT2D eigenvalue weighted by molar-refractivity contribution is -0.350. The number of nitrogens with one attached hydrogen (secondary N) is 2. The molecule has 0 aliphatic carbocycles. The van der Waals surface area contributed by atoms with Crippen LogP contribution in [0.2, 0.25) is 0 Å². The number of hydrogen-bond donors (Lipinski definition) is 2. The fraction of sp³-hybridized carbons (Fsp3) is 0.231. The maximum Gasteiger partial charge on any atom is 0.437 e. The van der Waals surface area contributed by atoms with Gasteiger partial charge in [-0.1, -0.05) is 0 Å². The summed E-state index contributed by atoms with van der Waals surface area (Å²) in [6.07, 6.45) is -25.3. The molecule has 0 atom stereocenters.